The minimum atomic E-state index is 0.310. The van der Waals surface area contributed by atoms with Gasteiger partial charge < -0.3 is 4.98 Å². The van der Waals surface area contributed by atoms with Crippen LogP contribution in [0.15, 0.2) is 6.07 Å². The normalized spacial score (nSPS) is 16.4. The summed E-state index contributed by atoms with van der Waals surface area (Å²) in [7, 11) is 0. The summed E-state index contributed by atoms with van der Waals surface area (Å²) in [4.78, 5) is 14.8. The summed E-state index contributed by atoms with van der Waals surface area (Å²) in [5.74, 6) is 0.794. The molecule has 1 aliphatic rings. The maximum atomic E-state index is 11.5. The zero-order valence-corrected chi connectivity index (χ0v) is 8.18. The van der Waals surface area contributed by atoms with Crippen molar-refractivity contribution >= 4 is 5.78 Å². The number of carbonyl (C=O) groups is 1. The van der Waals surface area contributed by atoms with Gasteiger partial charge in [0, 0.05) is 23.4 Å². The van der Waals surface area contributed by atoms with Crippen LogP contribution in [0.2, 0.25) is 0 Å². The van der Waals surface area contributed by atoms with Crippen molar-refractivity contribution in [2.45, 2.75) is 39.0 Å². The minimum absolute atomic E-state index is 0.310. The molecule has 0 atom stereocenters. The molecule has 0 fully saturated rings. The number of carbonyl (C=O) groups excluding carboxylic acids is 1. The number of H-pyrrole nitrogens is 1. The van der Waals surface area contributed by atoms with Crippen LogP contribution in [0.5, 0.6) is 0 Å². The van der Waals surface area contributed by atoms with Gasteiger partial charge in [0.25, 0.3) is 0 Å². The highest BCUT2D eigenvalue weighted by atomic mass is 16.1. The molecule has 1 aliphatic carbocycles. The standard InChI is InChI=1S/C11H15NO/c1-7(2)10-6-8-9(12-10)4-3-5-11(8)13/h6-7,12H,3-5H2,1-2H3. The van der Waals surface area contributed by atoms with E-state index >= 15 is 0 Å². The van der Waals surface area contributed by atoms with E-state index in [0.29, 0.717) is 11.7 Å². The first kappa shape index (κ1) is 8.54. The molecule has 0 spiro atoms. The molecule has 2 rings (SSSR count). The van der Waals surface area contributed by atoms with Crippen LogP contribution in [0.25, 0.3) is 0 Å². The summed E-state index contributed by atoms with van der Waals surface area (Å²) in [5.41, 5.74) is 3.29. The Kier molecular flexibility index (Phi) is 1.98. The minimum Gasteiger partial charge on any atom is -0.361 e. The van der Waals surface area contributed by atoms with Crippen molar-refractivity contribution < 1.29 is 4.79 Å². The van der Waals surface area contributed by atoms with E-state index in [1.54, 1.807) is 0 Å². The predicted octanol–water partition coefficient (Wildman–Crippen LogP) is 2.66. The summed E-state index contributed by atoms with van der Waals surface area (Å²) >= 11 is 0. The molecule has 2 nitrogen and oxygen atoms in total. The fourth-order valence-corrected chi connectivity index (χ4v) is 1.84. The number of fused-ring (bicyclic) bond motifs is 1. The Morgan fingerprint density at radius 1 is 1.38 bits per heavy atom. The number of aryl methyl sites for hydroxylation is 1. The van der Waals surface area contributed by atoms with Crippen LogP contribution in [-0.4, -0.2) is 10.8 Å². The third-order valence-corrected chi connectivity index (χ3v) is 2.67. The van der Waals surface area contributed by atoms with Crippen LogP contribution >= 0.6 is 0 Å². The van der Waals surface area contributed by atoms with E-state index in [0.717, 1.165) is 30.5 Å². The number of rotatable bonds is 1. The van der Waals surface area contributed by atoms with Crippen LogP contribution in [-0.2, 0) is 6.42 Å². The average molecular weight is 177 g/mol. The van der Waals surface area contributed by atoms with Crippen molar-refractivity contribution in [2.75, 3.05) is 0 Å². The lowest BCUT2D eigenvalue weighted by atomic mass is 9.96. The maximum Gasteiger partial charge on any atom is 0.164 e. The van der Waals surface area contributed by atoms with Gasteiger partial charge in [0.05, 0.1) is 0 Å². The van der Waals surface area contributed by atoms with Crippen molar-refractivity contribution in [1.29, 1.82) is 0 Å². The Balaban J connectivity index is 2.42. The van der Waals surface area contributed by atoms with Gasteiger partial charge >= 0.3 is 0 Å². The van der Waals surface area contributed by atoms with Crippen molar-refractivity contribution in [3.63, 3.8) is 0 Å². The largest absolute Gasteiger partial charge is 0.361 e. The second-order valence-electron chi connectivity index (χ2n) is 4.05. The molecule has 0 radical (unpaired) electrons. The highest BCUT2D eigenvalue weighted by Gasteiger charge is 2.20. The van der Waals surface area contributed by atoms with Crippen LogP contribution in [0.3, 0.4) is 0 Å². The van der Waals surface area contributed by atoms with Gasteiger partial charge in [-0.2, -0.15) is 0 Å². The Morgan fingerprint density at radius 3 is 2.77 bits per heavy atom. The molecule has 13 heavy (non-hydrogen) atoms. The van der Waals surface area contributed by atoms with E-state index in [2.05, 4.69) is 18.8 Å². The number of Topliss-reactive ketones (excluding diaryl/α,β-unsaturated/α-hetero) is 1. The fraction of sp³-hybridized carbons (Fsp3) is 0.545. The van der Waals surface area contributed by atoms with Gasteiger partial charge in [0.1, 0.15) is 0 Å². The SMILES string of the molecule is CC(C)c1cc2c([nH]1)CCCC2=O. The third kappa shape index (κ3) is 1.41. The van der Waals surface area contributed by atoms with Crippen LogP contribution in [0.4, 0.5) is 0 Å². The maximum absolute atomic E-state index is 11.5. The Bertz CT molecular complexity index is 336. The molecular weight excluding hydrogens is 162 g/mol. The number of aromatic nitrogens is 1. The first-order chi connectivity index (χ1) is 6.18. The Labute approximate surface area is 78.4 Å². The molecule has 0 aromatic carbocycles. The zero-order chi connectivity index (χ0) is 9.42. The summed E-state index contributed by atoms with van der Waals surface area (Å²) < 4.78 is 0. The summed E-state index contributed by atoms with van der Waals surface area (Å²) in [6.45, 7) is 4.28. The van der Waals surface area contributed by atoms with Gasteiger partial charge in [-0.25, -0.2) is 0 Å². The van der Waals surface area contributed by atoms with Crippen LogP contribution in [0.1, 0.15) is 54.4 Å². The highest BCUT2D eigenvalue weighted by molar-refractivity contribution is 5.98. The molecule has 1 aromatic heterocycles. The third-order valence-electron chi connectivity index (χ3n) is 2.67. The van der Waals surface area contributed by atoms with E-state index in [1.807, 2.05) is 6.07 Å². The molecule has 0 saturated heterocycles. The van der Waals surface area contributed by atoms with Gasteiger partial charge in [-0.1, -0.05) is 13.8 Å². The second kappa shape index (κ2) is 3.02. The highest BCUT2D eigenvalue weighted by Crippen LogP contribution is 2.24. The van der Waals surface area contributed by atoms with Crippen molar-refractivity contribution in [3.05, 3.63) is 23.0 Å². The molecule has 1 heterocycles. The van der Waals surface area contributed by atoms with E-state index < -0.39 is 0 Å². The Morgan fingerprint density at radius 2 is 2.15 bits per heavy atom. The van der Waals surface area contributed by atoms with E-state index in [9.17, 15) is 4.79 Å². The lowest BCUT2D eigenvalue weighted by Crippen LogP contribution is -2.08. The number of nitrogens with one attached hydrogen (secondary N) is 1. The molecular formula is C11H15NO. The fourth-order valence-electron chi connectivity index (χ4n) is 1.84. The number of ketones is 1. The first-order valence-corrected chi connectivity index (χ1v) is 4.93. The smallest absolute Gasteiger partial charge is 0.164 e. The van der Waals surface area contributed by atoms with E-state index in [-0.39, 0.29) is 0 Å². The number of hydrogen-bond donors (Lipinski definition) is 1. The van der Waals surface area contributed by atoms with Gasteiger partial charge in [-0.3, -0.25) is 4.79 Å². The quantitative estimate of drug-likeness (QED) is 0.702. The molecule has 1 N–H and O–H groups in total. The summed E-state index contributed by atoms with van der Waals surface area (Å²) in [6, 6.07) is 2.03. The first-order valence-electron chi connectivity index (χ1n) is 4.93. The van der Waals surface area contributed by atoms with Crippen molar-refractivity contribution in [3.8, 4) is 0 Å². The van der Waals surface area contributed by atoms with Gasteiger partial charge in [-0.15, -0.1) is 0 Å². The molecule has 0 aliphatic heterocycles. The summed E-state index contributed by atoms with van der Waals surface area (Å²) in [5, 5.41) is 0. The van der Waals surface area contributed by atoms with Crippen molar-refractivity contribution in [2.24, 2.45) is 0 Å². The van der Waals surface area contributed by atoms with Gasteiger partial charge in [-0.05, 0) is 24.8 Å². The van der Waals surface area contributed by atoms with E-state index in [4.69, 9.17) is 0 Å². The number of hydrogen-bond acceptors (Lipinski definition) is 1. The van der Waals surface area contributed by atoms with E-state index in [1.165, 1.54) is 5.69 Å². The van der Waals surface area contributed by atoms with Crippen LogP contribution in [0, 0.1) is 0 Å². The monoisotopic (exact) mass is 177 g/mol. The van der Waals surface area contributed by atoms with Crippen molar-refractivity contribution in [1.82, 2.24) is 4.98 Å². The molecule has 0 unspecified atom stereocenters. The molecule has 0 saturated carbocycles. The molecule has 0 bridgehead atoms. The lowest BCUT2D eigenvalue weighted by molar-refractivity contribution is 0.0972. The molecule has 2 heteroatoms. The average Bonchev–Trinajstić information content (AvgIpc) is 2.49. The van der Waals surface area contributed by atoms with Gasteiger partial charge in [0.2, 0.25) is 0 Å². The topological polar surface area (TPSA) is 32.9 Å². The predicted molar refractivity (Wildman–Crippen MR) is 52.2 cm³/mol. The molecule has 70 valence electrons. The van der Waals surface area contributed by atoms with Gasteiger partial charge in [0.15, 0.2) is 5.78 Å². The molecule has 0 amide bonds. The second-order valence-corrected chi connectivity index (χ2v) is 4.05. The number of aromatic amines is 1. The van der Waals surface area contributed by atoms with Crippen LogP contribution < -0.4 is 0 Å². The lowest BCUT2D eigenvalue weighted by Gasteiger charge is -2.08. The molecule has 1 aromatic rings. The Hall–Kier alpha value is -1.05. The summed E-state index contributed by atoms with van der Waals surface area (Å²) in [6.07, 6.45) is 2.76. The zero-order valence-electron chi connectivity index (χ0n) is 8.18.